The summed E-state index contributed by atoms with van der Waals surface area (Å²) in [6.07, 6.45) is 2.21. The van der Waals surface area contributed by atoms with Crippen molar-refractivity contribution in [3.8, 4) is 0 Å². The second kappa shape index (κ2) is 8.93. The second-order valence-corrected chi connectivity index (χ2v) is 7.66. The summed E-state index contributed by atoms with van der Waals surface area (Å²) in [6.45, 7) is 7.72. The van der Waals surface area contributed by atoms with Gasteiger partial charge in [-0.05, 0) is 43.0 Å². The molecule has 0 aliphatic heterocycles. The fourth-order valence-corrected chi connectivity index (χ4v) is 3.40. The largest absolute Gasteiger partial charge is 0.335 e. The van der Waals surface area contributed by atoms with Crippen molar-refractivity contribution < 1.29 is 9.32 Å². The first kappa shape index (κ1) is 21.3. The van der Waals surface area contributed by atoms with E-state index in [1.54, 1.807) is 0 Å². The number of nitrogens with one attached hydrogen (secondary N) is 2. The minimum absolute atomic E-state index is 0. The number of halogens is 1. The Kier molecular flexibility index (Phi) is 6.55. The van der Waals surface area contributed by atoms with Gasteiger partial charge in [-0.3, -0.25) is 4.79 Å². The molecular weight excluding hydrogens is 388 g/mol. The Balaban J connectivity index is 0.00000240. The van der Waals surface area contributed by atoms with Crippen molar-refractivity contribution in [2.24, 2.45) is 0 Å². The number of aromatic nitrogens is 2. The summed E-state index contributed by atoms with van der Waals surface area (Å²) in [7, 11) is 0. The zero-order chi connectivity index (χ0) is 19.7. The van der Waals surface area contributed by atoms with Crippen LogP contribution in [0, 0.1) is 0 Å². The summed E-state index contributed by atoms with van der Waals surface area (Å²) in [5, 5.41) is 11.3. The van der Waals surface area contributed by atoms with Crippen molar-refractivity contribution in [2.75, 3.05) is 11.9 Å². The zero-order valence-corrected chi connectivity index (χ0v) is 17.8. The molecule has 0 atom stereocenters. The van der Waals surface area contributed by atoms with Crippen LogP contribution in [0.15, 0.2) is 34.9 Å². The van der Waals surface area contributed by atoms with Crippen LogP contribution in [0.25, 0.3) is 11.1 Å². The molecule has 2 heterocycles. The molecule has 29 heavy (non-hydrogen) atoms. The molecule has 0 unspecified atom stereocenters. The van der Waals surface area contributed by atoms with Gasteiger partial charge in [0.1, 0.15) is 0 Å². The molecule has 1 amide bonds. The molecule has 1 aliphatic rings. The Morgan fingerprint density at radius 2 is 2.03 bits per heavy atom. The number of amides is 1. The highest BCUT2D eigenvalue weighted by Gasteiger charge is 2.29. The van der Waals surface area contributed by atoms with Gasteiger partial charge in [0.25, 0.3) is 11.6 Å². The van der Waals surface area contributed by atoms with Crippen molar-refractivity contribution in [3.05, 3.63) is 52.8 Å². The molecule has 7 heteroatoms. The van der Waals surface area contributed by atoms with Crippen LogP contribution in [0.5, 0.6) is 0 Å². The molecule has 2 aromatic heterocycles. The number of anilines is 1. The van der Waals surface area contributed by atoms with E-state index in [4.69, 9.17) is 4.52 Å². The lowest BCUT2D eigenvalue weighted by molar-refractivity contribution is 0.102. The number of hydrogen-bond donors (Lipinski definition) is 2. The van der Waals surface area contributed by atoms with Crippen LogP contribution < -0.4 is 10.6 Å². The quantitative estimate of drug-likeness (QED) is 0.568. The first-order valence-electron chi connectivity index (χ1n) is 9.98. The van der Waals surface area contributed by atoms with Gasteiger partial charge in [0, 0.05) is 23.8 Å². The third kappa shape index (κ3) is 4.43. The van der Waals surface area contributed by atoms with Gasteiger partial charge in [-0.1, -0.05) is 44.1 Å². The Morgan fingerprint density at radius 3 is 2.72 bits per heavy atom. The van der Waals surface area contributed by atoms with Gasteiger partial charge in [0.2, 0.25) is 0 Å². The van der Waals surface area contributed by atoms with E-state index in [-0.39, 0.29) is 24.2 Å². The standard InChI is InChI=1S/C22H26N4O2.ClH/c1-4-23-12-15-7-5-6-8-17(15)24-21(27)16-11-18(14-9-10-14)25-22-19(16)20(13(2)3)26-28-22;/h5-8,11,13-14,23H,4,9-10,12H2,1-3H3,(H,24,27);1H. The molecule has 1 aromatic carbocycles. The molecule has 1 aliphatic carbocycles. The van der Waals surface area contributed by atoms with Gasteiger partial charge < -0.3 is 15.2 Å². The predicted octanol–water partition coefficient (Wildman–Crippen LogP) is 5.01. The van der Waals surface area contributed by atoms with Gasteiger partial charge >= 0.3 is 0 Å². The van der Waals surface area contributed by atoms with E-state index in [1.165, 1.54) is 0 Å². The van der Waals surface area contributed by atoms with Crippen molar-refractivity contribution in [2.45, 2.75) is 52.0 Å². The number of para-hydroxylation sites is 1. The predicted molar refractivity (Wildman–Crippen MR) is 117 cm³/mol. The maximum absolute atomic E-state index is 13.3. The van der Waals surface area contributed by atoms with Crippen molar-refractivity contribution >= 4 is 35.1 Å². The Morgan fingerprint density at radius 1 is 1.28 bits per heavy atom. The van der Waals surface area contributed by atoms with Crippen molar-refractivity contribution in [1.82, 2.24) is 15.5 Å². The van der Waals surface area contributed by atoms with E-state index in [9.17, 15) is 4.79 Å². The van der Waals surface area contributed by atoms with Gasteiger partial charge in [0.15, 0.2) is 0 Å². The van der Waals surface area contributed by atoms with E-state index in [0.29, 0.717) is 23.7 Å². The van der Waals surface area contributed by atoms with Crippen molar-refractivity contribution in [1.29, 1.82) is 0 Å². The highest BCUT2D eigenvalue weighted by Crippen LogP contribution is 2.41. The van der Waals surface area contributed by atoms with E-state index in [1.807, 2.05) is 44.2 Å². The summed E-state index contributed by atoms with van der Waals surface area (Å²) >= 11 is 0. The summed E-state index contributed by atoms with van der Waals surface area (Å²) in [5.41, 5.74) is 4.61. The Hall–Kier alpha value is -2.44. The van der Waals surface area contributed by atoms with Crippen LogP contribution in [0.4, 0.5) is 5.69 Å². The smallest absolute Gasteiger partial charge is 0.259 e. The highest BCUT2D eigenvalue weighted by molar-refractivity contribution is 6.12. The summed E-state index contributed by atoms with van der Waals surface area (Å²) in [5.74, 6) is 0.412. The minimum Gasteiger partial charge on any atom is -0.335 e. The number of carbonyl (C=O) groups excluding carboxylic acids is 1. The van der Waals surface area contributed by atoms with Crippen LogP contribution in [-0.4, -0.2) is 22.6 Å². The number of nitrogens with zero attached hydrogens (tertiary/aromatic N) is 2. The number of rotatable bonds is 7. The van der Waals surface area contributed by atoms with Gasteiger partial charge in [0.05, 0.1) is 16.6 Å². The average Bonchev–Trinajstić information content (AvgIpc) is 3.45. The van der Waals surface area contributed by atoms with E-state index in [2.05, 4.69) is 27.7 Å². The number of benzene rings is 1. The second-order valence-electron chi connectivity index (χ2n) is 7.66. The van der Waals surface area contributed by atoms with Gasteiger partial charge in [-0.15, -0.1) is 12.4 Å². The lowest BCUT2D eigenvalue weighted by atomic mass is 10.0. The fourth-order valence-electron chi connectivity index (χ4n) is 3.40. The van der Waals surface area contributed by atoms with Crippen LogP contribution in [0.2, 0.25) is 0 Å². The van der Waals surface area contributed by atoms with Crippen LogP contribution in [0.3, 0.4) is 0 Å². The number of pyridine rings is 1. The molecule has 0 spiro atoms. The molecule has 0 saturated heterocycles. The average molecular weight is 415 g/mol. The third-order valence-electron chi connectivity index (χ3n) is 5.11. The zero-order valence-electron chi connectivity index (χ0n) is 17.0. The number of carbonyl (C=O) groups is 1. The third-order valence-corrected chi connectivity index (χ3v) is 5.11. The van der Waals surface area contributed by atoms with E-state index in [0.717, 1.165) is 47.4 Å². The lowest BCUT2D eigenvalue weighted by Gasteiger charge is -2.13. The van der Waals surface area contributed by atoms with Gasteiger partial charge in [-0.25, -0.2) is 4.98 Å². The normalized spacial score (nSPS) is 13.5. The monoisotopic (exact) mass is 414 g/mol. The fraction of sp³-hybridized carbons (Fsp3) is 0.409. The summed E-state index contributed by atoms with van der Waals surface area (Å²) in [4.78, 5) is 17.9. The topological polar surface area (TPSA) is 80.0 Å². The Labute approximate surface area is 176 Å². The first-order valence-corrected chi connectivity index (χ1v) is 9.98. The van der Waals surface area contributed by atoms with Gasteiger partial charge in [-0.2, -0.15) is 0 Å². The molecule has 0 bridgehead atoms. The molecule has 1 saturated carbocycles. The van der Waals surface area contributed by atoms with E-state index >= 15 is 0 Å². The SMILES string of the molecule is CCNCc1ccccc1NC(=O)c1cc(C2CC2)nc2onc(C(C)C)c12.Cl. The van der Waals surface area contributed by atoms with Crippen molar-refractivity contribution in [3.63, 3.8) is 0 Å². The molecular formula is C22H27ClN4O2. The maximum atomic E-state index is 13.3. The molecule has 1 fully saturated rings. The minimum atomic E-state index is -0.150. The van der Waals surface area contributed by atoms with Crippen LogP contribution >= 0.6 is 12.4 Å². The first-order chi connectivity index (χ1) is 13.6. The molecule has 3 aromatic rings. The molecule has 4 rings (SSSR count). The molecule has 154 valence electrons. The number of hydrogen-bond acceptors (Lipinski definition) is 5. The molecule has 6 nitrogen and oxygen atoms in total. The lowest BCUT2D eigenvalue weighted by Crippen LogP contribution is -2.18. The molecule has 0 radical (unpaired) electrons. The van der Waals surface area contributed by atoms with Crippen LogP contribution in [-0.2, 0) is 6.54 Å². The summed E-state index contributed by atoms with van der Waals surface area (Å²) in [6, 6.07) is 9.79. The maximum Gasteiger partial charge on any atom is 0.259 e. The van der Waals surface area contributed by atoms with E-state index < -0.39 is 0 Å². The highest BCUT2D eigenvalue weighted by atomic mass is 35.5. The Bertz CT molecular complexity index is 1010. The number of fused-ring (bicyclic) bond motifs is 1. The van der Waals surface area contributed by atoms with Crippen LogP contribution in [0.1, 0.15) is 72.8 Å². The summed E-state index contributed by atoms with van der Waals surface area (Å²) < 4.78 is 5.50. The molecule has 2 N–H and O–H groups in total.